The molecular formula is C20H22N4O3. The number of pyridine rings is 1. The van der Waals surface area contributed by atoms with Crippen LogP contribution in [0, 0.1) is 6.92 Å². The van der Waals surface area contributed by atoms with E-state index in [4.69, 9.17) is 5.73 Å². The minimum atomic E-state index is -0.581. The van der Waals surface area contributed by atoms with Crippen LogP contribution in [0.1, 0.15) is 52.0 Å². The number of aromatic nitrogens is 1. The molecule has 2 amide bonds. The van der Waals surface area contributed by atoms with Crippen molar-refractivity contribution < 1.29 is 9.59 Å². The highest BCUT2D eigenvalue weighted by atomic mass is 16.2. The summed E-state index contributed by atoms with van der Waals surface area (Å²) in [5.41, 5.74) is 8.48. The number of carbonyl (C=O) groups excluding carboxylic acids is 2. The monoisotopic (exact) mass is 366 g/mol. The van der Waals surface area contributed by atoms with Gasteiger partial charge in [0.2, 0.25) is 0 Å². The summed E-state index contributed by atoms with van der Waals surface area (Å²) in [7, 11) is 0. The first-order chi connectivity index (χ1) is 13.0. The zero-order chi connectivity index (χ0) is 19.1. The molecule has 1 aromatic heterocycles. The van der Waals surface area contributed by atoms with Crippen LogP contribution in [0.4, 0.5) is 11.5 Å². The molecule has 7 nitrogen and oxygen atoms in total. The molecule has 1 saturated heterocycles. The van der Waals surface area contributed by atoms with Gasteiger partial charge < -0.3 is 10.6 Å². The van der Waals surface area contributed by atoms with Gasteiger partial charge in [0.25, 0.3) is 17.4 Å². The number of nitrogens with two attached hydrogens (primary N) is 1. The molecule has 2 aliphatic rings. The quantitative estimate of drug-likeness (QED) is 0.792. The lowest BCUT2D eigenvalue weighted by Gasteiger charge is -2.27. The lowest BCUT2D eigenvalue weighted by atomic mass is 10.1. The number of hydrogen-bond donors (Lipinski definition) is 2. The minimum Gasteiger partial charge on any atom is -0.384 e. The van der Waals surface area contributed by atoms with Crippen molar-refractivity contribution in [3.05, 3.63) is 51.3 Å². The van der Waals surface area contributed by atoms with Gasteiger partial charge in [-0.05, 0) is 37.5 Å². The topological polar surface area (TPSA) is 97.4 Å². The summed E-state index contributed by atoms with van der Waals surface area (Å²) < 4.78 is 1.35. The summed E-state index contributed by atoms with van der Waals surface area (Å²) in [6.07, 6.45) is 4.58. The van der Waals surface area contributed by atoms with E-state index >= 15 is 0 Å². The lowest BCUT2D eigenvalue weighted by Crippen LogP contribution is -2.29. The van der Waals surface area contributed by atoms with Crippen LogP contribution in [0.2, 0.25) is 0 Å². The van der Waals surface area contributed by atoms with Crippen molar-refractivity contribution in [2.24, 2.45) is 0 Å². The number of amides is 2. The molecule has 4 rings (SSSR count). The first kappa shape index (κ1) is 17.3. The molecule has 27 heavy (non-hydrogen) atoms. The molecular weight excluding hydrogens is 344 g/mol. The number of nitrogens with zero attached hydrogens (tertiary/aromatic N) is 2. The summed E-state index contributed by atoms with van der Waals surface area (Å²) >= 11 is 0. The van der Waals surface area contributed by atoms with Crippen LogP contribution in [0.3, 0.4) is 0 Å². The fraction of sp³-hybridized carbons (Fsp3) is 0.350. The van der Waals surface area contributed by atoms with Crippen LogP contribution >= 0.6 is 0 Å². The van der Waals surface area contributed by atoms with Crippen LogP contribution in [0.5, 0.6) is 0 Å². The average molecular weight is 366 g/mol. The number of anilines is 2. The SMILES string of the molecule is Cc1ccc(N2CCCCCC2)c(-n2c(N)c3c(cc2=O)C(=O)NC3=O)c1. The van der Waals surface area contributed by atoms with E-state index in [1.807, 2.05) is 25.1 Å². The van der Waals surface area contributed by atoms with Crippen LogP contribution in [-0.4, -0.2) is 29.5 Å². The summed E-state index contributed by atoms with van der Waals surface area (Å²) in [5.74, 6) is -1.14. The number of nitrogens with one attached hydrogen (secondary N) is 1. The maximum absolute atomic E-state index is 12.8. The van der Waals surface area contributed by atoms with Gasteiger partial charge in [0.1, 0.15) is 5.82 Å². The maximum atomic E-state index is 12.8. The zero-order valence-corrected chi connectivity index (χ0v) is 15.2. The Morgan fingerprint density at radius 2 is 1.63 bits per heavy atom. The third-order valence-electron chi connectivity index (χ3n) is 5.27. The lowest BCUT2D eigenvalue weighted by molar-refractivity contribution is 0.0880. The largest absolute Gasteiger partial charge is 0.384 e. The van der Waals surface area contributed by atoms with Gasteiger partial charge in [0.15, 0.2) is 0 Å². The summed E-state index contributed by atoms with van der Waals surface area (Å²) in [5, 5.41) is 2.21. The number of imide groups is 1. The van der Waals surface area contributed by atoms with E-state index in [9.17, 15) is 14.4 Å². The van der Waals surface area contributed by atoms with E-state index in [-0.39, 0.29) is 16.9 Å². The highest BCUT2D eigenvalue weighted by Crippen LogP contribution is 2.31. The van der Waals surface area contributed by atoms with E-state index in [2.05, 4.69) is 10.2 Å². The fourth-order valence-electron chi connectivity index (χ4n) is 3.92. The molecule has 1 fully saturated rings. The van der Waals surface area contributed by atoms with Gasteiger partial charge in [-0.1, -0.05) is 18.9 Å². The molecule has 3 heterocycles. The van der Waals surface area contributed by atoms with Crippen molar-refractivity contribution in [2.45, 2.75) is 32.6 Å². The fourth-order valence-corrected chi connectivity index (χ4v) is 3.92. The second-order valence-corrected chi connectivity index (χ2v) is 7.17. The van der Waals surface area contributed by atoms with Crippen molar-refractivity contribution in [3.63, 3.8) is 0 Å². The first-order valence-corrected chi connectivity index (χ1v) is 9.24. The third kappa shape index (κ3) is 2.89. The van der Waals surface area contributed by atoms with E-state index in [1.165, 1.54) is 23.5 Å². The molecule has 0 unspecified atom stereocenters. The summed E-state index contributed by atoms with van der Waals surface area (Å²) in [6, 6.07) is 7.11. The smallest absolute Gasteiger partial charge is 0.262 e. The zero-order valence-electron chi connectivity index (χ0n) is 15.2. The molecule has 1 aromatic carbocycles. The minimum absolute atomic E-state index is 0.00234. The van der Waals surface area contributed by atoms with Gasteiger partial charge in [-0.25, -0.2) is 0 Å². The Hall–Kier alpha value is -3.09. The van der Waals surface area contributed by atoms with Crippen molar-refractivity contribution in [2.75, 3.05) is 23.7 Å². The number of aryl methyl sites for hydroxylation is 1. The van der Waals surface area contributed by atoms with Crippen LogP contribution < -0.4 is 21.5 Å². The second-order valence-electron chi connectivity index (χ2n) is 7.17. The molecule has 0 radical (unpaired) electrons. The van der Waals surface area contributed by atoms with E-state index in [1.54, 1.807) is 0 Å². The van der Waals surface area contributed by atoms with Gasteiger partial charge in [-0.3, -0.25) is 24.3 Å². The van der Waals surface area contributed by atoms with Crippen LogP contribution in [-0.2, 0) is 0 Å². The highest BCUT2D eigenvalue weighted by Gasteiger charge is 2.32. The van der Waals surface area contributed by atoms with Gasteiger partial charge in [0.05, 0.1) is 22.5 Å². The Kier molecular flexibility index (Phi) is 4.22. The number of rotatable bonds is 2. The predicted molar refractivity (Wildman–Crippen MR) is 104 cm³/mol. The van der Waals surface area contributed by atoms with Gasteiger partial charge in [-0.2, -0.15) is 0 Å². The van der Waals surface area contributed by atoms with Crippen molar-refractivity contribution in [1.82, 2.24) is 9.88 Å². The molecule has 3 N–H and O–H groups in total. The second kappa shape index (κ2) is 6.57. The van der Waals surface area contributed by atoms with E-state index in [0.29, 0.717) is 5.69 Å². The number of nitrogen functional groups attached to an aromatic ring is 1. The molecule has 2 aliphatic heterocycles. The van der Waals surface area contributed by atoms with Crippen LogP contribution in [0.25, 0.3) is 5.69 Å². The Balaban J connectivity index is 1.93. The van der Waals surface area contributed by atoms with Crippen molar-refractivity contribution in [3.8, 4) is 5.69 Å². The Bertz CT molecular complexity index is 1000. The van der Waals surface area contributed by atoms with Gasteiger partial charge in [0, 0.05) is 19.2 Å². The Labute approximate surface area is 156 Å². The first-order valence-electron chi connectivity index (χ1n) is 9.24. The molecule has 0 bridgehead atoms. The molecule has 2 aromatic rings. The van der Waals surface area contributed by atoms with Crippen LogP contribution in [0.15, 0.2) is 29.1 Å². The average Bonchev–Trinajstić information content (AvgIpc) is 2.80. The standard InChI is InChI=1S/C20H22N4O3/c1-12-6-7-14(23-8-4-2-3-5-9-23)15(10-12)24-16(25)11-13-17(18(24)21)20(27)22-19(13)26/h6-7,10-11H,2-5,8-9,21H2,1H3,(H,22,26,27). The highest BCUT2D eigenvalue weighted by molar-refractivity contribution is 6.23. The van der Waals surface area contributed by atoms with E-state index < -0.39 is 17.4 Å². The number of carbonyl (C=O) groups is 2. The summed E-state index contributed by atoms with van der Waals surface area (Å²) in [4.78, 5) is 39.2. The predicted octanol–water partition coefficient (Wildman–Crippen LogP) is 1.99. The number of benzene rings is 1. The van der Waals surface area contributed by atoms with E-state index in [0.717, 1.165) is 37.2 Å². The van der Waals surface area contributed by atoms with Crippen molar-refractivity contribution in [1.29, 1.82) is 0 Å². The molecule has 0 aliphatic carbocycles. The Morgan fingerprint density at radius 1 is 0.926 bits per heavy atom. The Morgan fingerprint density at radius 3 is 2.33 bits per heavy atom. The normalized spacial score (nSPS) is 16.9. The summed E-state index contributed by atoms with van der Waals surface area (Å²) in [6.45, 7) is 3.77. The third-order valence-corrected chi connectivity index (χ3v) is 5.27. The maximum Gasteiger partial charge on any atom is 0.262 e. The molecule has 7 heteroatoms. The number of fused-ring (bicyclic) bond motifs is 1. The molecule has 140 valence electrons. The molecule has 0 saturated carbocycles. The van der Waals surface area contributed by atoms with Gasteiger partial charge in [-0.15, -0.1) is 0 Å². The van der Waals surface area contributed by atoms with Crippen molar-refractivity contribution >= 4 is 23.3 Å². The van der Waals surface area contributed by atoms with Gasteiger partial charge >= 0.3 is 0 Å². The molecule has 0 atom stereocenters. The number of hydrogen-bond acceptors (Lipinski definition) is 5. The molecule has 0 spiro atoms.